The molecule has 2 nitrogen and oxygen atoms in total. The molecule has 0 aromatic heterocycles. The molecule has 0 aromatic carbocycles. The molecule has 0 saturated heterocycles. The summed E-state index contributed by atoms with van der Waals surface area (Å²) in [6, 6.07) is 0.722. The number of rotatable bonds is 3. The van der Waals surface area contributed by atoms with Crippen LogP contribution in [0.1, 0.15) is 20.8 Å². The summed E-state index contributed by atoms with van der Waals surface area (Å²) in [5.74, 6) is 0. The summed E-state index contributed by atoms with van der Waals surface area (Å²) in [5, 5.41) is 6.65. The first-order valence-corrected chi connectivity index (χ1v) is 5.07. The second-order valence-corrected chi connectivity index (χ2v) is 3.99. The number of hydrogen-bond donors (Lipinski definition) is 2. The van der Waals surface area contributed by atoms with E-state index in [4.69, 9.17) is 0 Å². The Labute approximate surface area is 86.8 Å². The summed E-state index contributed by atoms with van der Waals surface area (Å²) in [6.07, 6.45) is 8.61. The Bertz CT molecular complexity index is 270. The van der Waals surface area contributed by atoms with Crippen molar-refractivity contribution in [3.63, 3.8) is 0 Å². The lowest BCUT2D eigenvalue weighted by molar-refractivity contribution is 0.541. The van der Waals surface area contributed by atoms with Gasteiger partial charge in [0, 0.05) is 6.04 Å². The highest BCUT2D eigenvalue weighted by Gasteiger charge is 2.15. The predicted molar refractivity (Wildman–Crippen MR) is 62.1 cm³/mol. The maximum absolute atomic E-state index is 3.34. The van der Waals surface area contributed by atoms with Gasteiger partial charge in [-0.15, -0.1) is 0 Å². The van der Waals surface area contributed by atoms with Crippen molar-refractivity contribution in [2.24, 2.45) is 0 Å². The minimum absolute atomic E-state index is 0.361. The van der Waals surface area contributed by atoms with E-state index >= 15 is 0 Å². The molecule has 0 fully saturated rings. The van der Waals surface area contributed by atoms with Gasteiger partial charge in [0.2, 0.25) is 0 Å². The van der Waals surface area contributed by atoms with Crippen molar-refractivity contribution in [1.82, 2.24) is 10.6 Å². The van der Waals surface area contributed by atoms with E-state index in [1.807, 2.05) is 13.2 Å². The van der Waals surface area contributed by atoms with E-state index in [0.29, 0.717) is 12.1 Å². The third-order valence-electron chi connectivity index (χ3n) is 2.31. The molecule has 0 aliphatic carbocycles. The summed E-state index contributed by atoms with van der Waals surface area (Å²) in [4.78, 5) is 0. The van der Waals surface area contributed by atoms with Crippen LogP contribution in [0.2, 0.25) is 0 Å². The number of nitrogens with one attached hydrogen (secondary N) is 2. The molecule has 0 bridgehead atoms. The molecule has 2 N–H and O–H groups in total. The lowest BCUT2D eigenvalue weighted by Gasteiger charge is -2.25. The maximum atomic E-state index is 3.34. The van der Waals surface area contributed by atoms with Crippen molar-refractivity contribution in [2.75, 3.05) is 7.05 Å². The third-order valence-corrected chi connectivity index (χ3v) is 2.31. The van der Waals surface area contributed by atoms with Crippen LogP contribution in [0.5, 0.6) is 0 Å². The Morgan fingerprint density at radius 2 is 2.29 bits per heavy atom. The minimum Gasteiger partial charge on any atom is -0.383 e. The molecule has 1 aliphatic rings. The zero-order valence-corrected chi connectivity index (χ0v) is 9.46. The summed E-state index contributed by atoms with van der Waals surface area (Å²) < 4.78 is 0. The average molecular weight is 192 g/mol. The van der Waals surface area contributed by atoms with Crippen LogP contribution in [0.25, 0.3) is 0 Å². The standard InChI is InChI=1S/C12H20N2/c1-9(2)7-11(13-4)12-8-10(3)5-6-14-12/h5-8,11-14H,1-4H3. The molecule has 0 amide bonds. The van der Waals surface area contributed by atoms with Crippen molar-refractivity contribution in [1.29, 1.82) is 0 Å². The second kappa shape index (κ2) is 5.01. The van der Waals surface area contributed by atoms with Gasteiger partial charge in [0.1, 0.15) is 0 Å². The average Bonchev–Trinajstić information content (AvgIpc) is 2.14. The lowest BCUT2D eigenvalue weighted by Crippen LogP contribution is -2.43. The van der Waals surface area contributed by atoms with E-state index in [0.717, 1.165) is 0 Å². The molecule has 78 valence electrons. The first-order valence-electron chi connectivity index (χ1n) is 5.07. The van der Waals surface area contributed by atoms with Crippen LogP contribution >= 0.6 is 0 Å². The number of hydrogen-bond acceptors (Lipinski definition) is 2. The minimum atomic E-state index is 0.361. The van der Waals surface area contributed by atoms with Crippen molar-refractivity contribution in [3.8, 4) is 0 Å². The highest BCUT2D eigenvalue weighted by Crippen LogP contribution is 2.09. The van der Waals surface area contributed by atoms with E-state index in [1.54, 1.807) is 0 Å². The largest absolute Gasteiger partial charge is 0.383 e. The molecule has 0 aromatic rings. The highest BCUT2D eigenvalue weighted by molar-refractivity contribution is 5.25. The first kappa shape index (κ1) is 11.1. The van der Waals surface area contributed by atoms with Gasteiger partial charge in [0.25, 0.3) is 0 Å². The van der Waals surface area contributed by atoms with E-state index in [9.17, 15) is 0 Å². The Balaban J connectivity index is 2.71. The fourth-order valence-electron chi connectivity index (χ4n) is 1.61. The Kier molecular flexibility index (Phi) is 3.96. The molecule has 1 heterocycles. The van der Waals surface area contributed by atoms with Crippen molar-refractivity contribution in [2.45, 2.75) is 32.9 Å². The monoisotopic (exact) mass is 192 g/mol. The fraction of sp³-hybridized carbons (Fsp3) is 0.500. The van der Waals surface area contributed by atoms with E-state index < -0.39 is 0 Å². The molecular weight excluding hydrogens is 172 g/mol. The van der Waals surface area contributed by atoms with Crippen molar-refractivity contribution < 1.29 is 0 Å². The molecule has 1 aliphatic heterocycles. The van der Waals surface area contributed by atoms with Crippen molar-refractivity contribution in [3.05, 3.63) is 35.6 Å². The third kappa shape index (κ3) is 3.04. The molecular formula is C12H20N2. The predicted octanol–water partition coefficient (Wildman–Crippen LogP) is 1.97. The zero-order valence-electron chi connectivity index (χ0n) is 9.46. The van der Waals surface area contributed by atoms with E-state index in [2.05, 4.69) is 49.6 Å². The van der Waals surface area contributed by atoms with Crippen LogP contribution in [0.3, 0.4) is 0 Å². The summed E-state index contributed by atoms with van der Waals surface area (Å²) in [6.45, 7) is 6.37. The van der Waals surface area contributed by atoms with E-state index in [1.165, 1.54) is 11.1 Å². The SMILES string of the molecule is CNC(C=C(C)C)C1C=C(C)C=CN1. The van der Waals surface area contributed by atoms with Gasteiger partial charge < -0.3 is 10.6 Å². The van der Waals surface area contributed by atoms with Crippen LogP contribution in [0.4, 0.5) is 0 Å². The van der Waals surface area contributed by atoms with E-state index in [-0.39, 0.29) is 0 Å². The summed E-state index contributed by atoms with van der Waals surface area (Å²) in [5.41, 5.74) is 2.66. The summed E-state index contributed by atoms with van der Waals surface area (Å²) >= 11 is 0. The Morgan fingerprint density at radius 3 is 2.79 bits per heavy atom. The highest BCUT2D eigenvalue weighted by atomic mass is 15.0. The van der Waals surface area contributed by atoms with Gasteiger partial charge in [-0.3, -0.25) is 0 Å². The second-order valence-electron chi connectivity index (χ2n) is 3.99. The molecule has 2 unspecified atom stereocenters. The van der Waals surface area contributed by atoms with Crippen LogP contribution in [-0.4, -0.2) is 19.1 Å². The van der Waals surface area contributed by atoms with Crippen LogP contribution in [0, 0.1) is 0 Å². The van der Waals surface area contributed by atoms with Crippen LogP contribution in [0.15, 0.2) is 35.6 Å². The normalized spacial score (nSPS) is 22.3. The van der Waals surface area contributed by atoms with Gasteiger partial charge in [0.15, 0.2) is 0 Å². The smallest absolute Gasteiger partial charge is 0.0633 e. The Hall–Kier alpha value is -1.02. The number of likely N-dealkylation sites (N-methyl/N-ethyl adjacent to an activating group) is 1. The molecule has 0 saturated carbocycles. The van der Waals surface area contributed by atoms with Crippen molar-refractivity contribution >= 4 is 0 Å². The molecule has 2 heteroatoms. The number of dihydropyridines is 1. The van der Waals surface area contributed by atoms with Gasteiger partial charge in [-0.1, -0.05) is 23.3 Å². The van der Waals surface area contributed by atoms with Gasteiger partial charge >= 0.3 is 0 Å². The zero-order chi connectivity index (χ0) is 10.6. The molecule has 0 radical (unpaired) electrons. The Morgan fingerprint density at radius 1 is 1.57 bits per heavy atom. The topological polar surface area (TPSA) is 24.1 Å². The van der Waals surface area contributed by atoms with Gasteiger partial charge in [-0.05, 0) is 40.1 Å². The number of allylic oxidation sites excluding steroid dienone is 3. The lowest BCUT2D eigenvalue weighted by atomic mass is 10.0. The molecule has 2 atom stereocenters. The first-order chi connectivity index (χ1) is 6.63. The molecule has 1 rings (SSSR count). The molecule has 0 spiro atoms. The van der Waals surface area contributed by atoms with Gasteiger partial charge in [-0.25, -0.2) is 0 Å². The maximum Gasteiger partial charge on any atom is 0.0633 e. The fourth-order valence-corrected chi connectivity index (χ4v) is 1.61. The van der Waals surface area contributed by atoms with Gasteiger partial charge in [-0.2, -0.15) is 0 Å². The summed E-state index contributed by atoms with van der Waals surface area (Å²) in [7, 11) is 1.99. The quantitative estimate of drug-likeness (QED) is 0.668. The van der Waals surface area contributed by atoms with Crippen LogP contribution < -0.4 is 10.6 Å². The molecule has 14 heavy (non-hydrogen) atoms. The van der Waals surface area contributed by atoms with Crippen LogP contribution in [-0.2, 0) is 0 Å². The van der Waals surface area contributed by atoms with Gasteiger partial charge in [0.05, 0.1) is 6.04 Å².